The summed E-state index contributed by atoms with van der Waals surface area (Å²) in [6, 6.07) is 12.3. The van der Waals surface area contributed by atoms with Crippen molar-refractivity contribution in [3.63, 3.8) is 0 Å². The van der Waals surface area contributed by atoms with E-state index in [-0.39, 0.29) is 11.5 Å². The summed E-state index contributed by atoms with van der Waals surface area (Å²) in [5.74, 6) is 0.0439. The maximum atomic E-state index is 12.3. The summed E-state index contributed by atoms with van der Waals surface area (Å²) < 4.78 is 0. The van der Waals surface area contributed by atoms with Crippen LogP contribution in [0, 0.1) is 0 Å². The highest BCUT2D eigenvalue weighted by molar-refractivity contribution is 6.13. The molecule has 0 spiro atoms. The minimum atomic E-state index is -0.0736. The van der Waals surface area contributed by atoms with Crippen LogP contribution in [0.15, 0.2) is 49.0 Å². The molecule has 18 heavy (non-hydrogen) atoms. The molecule has 3 rings (SSSR count). The van der Waals surface area contributed by atoms with Gasteiger partial charge in [0.05, 0.1) is 0 Å². The molecule has 1 aliphatic carbocycles. The maximum Gasteiger partial charge on any atom is 0.194 e. The van der Waals surface area contributed by atoms with Gasteiger partial charge in [0.2, 0.25) is 0 Å². The lowest BCUT2D eigenvalue weighted by Gasteiger charge is -2.15. The van der Waals surface area contributed by atoms with Gasteiger partial charge in [-0.25, -0.2) is 0 Å². The van der Waals surface area contributed by atoms with Gasteiger partial charge in [0.25, 0.3) is 0 Å². The Labute approximate surface area is 104 Å². The fourth-order valence-electron chi connectivity index (χ4n) is 2.31. The molecular weight excluding hydrogens is 224 g/mol. The minimum Gasteiger partial charge on any atom is -0.507 e. The average molecular weight is 234 g/mol. The predicted molar refractivity (Wildman–Crippen MR) is 69.7 cm³/mol. The standard InChI is InChI=1S/C16H10O2/c1-2-10-6-5-9-13-14(10)16(18)12-8-4-3-7-11(12)15(13)17/h3-9,18H,1H2. The maximum absolute atomic E-state index is 12.3. The van der Waals surface area contributed by atoms with E-state index in [1.807, 2.05) is 0 Å². The number of hydrogen-bond acceptors (Lipinski definition) is 2. The Kier molecular flexibility index (Phi) is 2.19. The van der Waals surface area contributed by atoms with Crippen LogP contribution < -0.4 is 10.4 Å². The van der Waals surface area contributed by atoms with Crippen LogP contribution in [0.4, 0.5) is 0 Å². The molecule has 86 valence electrons. The van der Waals surface area contributed by atoms with Crippen LogP contribution in [0.5, 0.6) is 0 Å². The Morgan fingerprint density at radius 2 is 1.61 bits per heavy atom. The Morgan fingerprint density at radius 1 is 0.944 bits per heavy atom. The van der Waals surface area contributed by atoms with Gasteiger partial charge in [-0.3, -0.25) is 4.79 Å². The Balaban J connectivity index is 2.63. The predicted octanol–water partition coefficient (Wildman–Crippen LogP) is 1.51. The molecule has 0 aliphatic heterocycles. The third-order valence-corrected chi connectivity index (χ3v) is 3.16. The minimum absolute atomic E-state index is 0.0736. The van der Waals surface area contributed by atoms with Crippen LogP contribution in [0.3, 0.4) is 0 Å². The Morgan fingerprint density at radius 3 is 2.33 bits per heavy atom. The number of carbonyl (C=O) groups is 1. The van der Waals surface area contributed by atoms with E-state index in [0.717, 1.165) is 0 Å². The highest BCUT2D eigenvalue weighted by Gasteiger charge is 2.23. The third kappa shape index (κ3) is 1.27. The topological polar surface area (TPSA) is 37.3 Å². The Hall–Kier alpha value is -2.57. The fraction of sp³-hybridized carbons (Fsp3) is 0. The van der Waals surface area contributed by atoms with Crippen molar-refractivity contribution in [1.29, 1.82) is 0 Å². The van der Waals surface area contributed by atoms with Gasteiger partial charge in [0.1, 0.15) is 5.76 Å². The molecule has 0 radical (unpaired) electrons. The number of aliphatic hydroxyl groups excluding tert-OH is 1. The number of hydrogen-bond donors (Lipinski definition) is 1. The summed E-state index contributed by atoms with van der Waals surface area (Å²) in [4.78, 5) is 12.3. The normalized spacial score (nSPS) is 12.7. The summed E-state index contributed by atoms with van der Waals surface area (Å²) in [5, 5.41) is 11.5. The third-order valence-electron chi connectivity index (χ3n) is 3.16. The first-order valence-corrected chi connectivity index (χ1v) is 5.60. The SMILES string of the molecule is C=C=c1cccc2c1=C(O)c1ccccc1C2=O. The number of aliphatic hydroxyl groups is 1. The quantitative estimate of drug-likeness (QED) is 0.750. The molecule has 0 fully saturated rings. The summed E-state index contributed by atoms with van der Waals surface area (Å²) in [6.07, 6.45) is 0. The van der Waals surface area contributed by atoms with Crippen LogP contribution in [-0.2, 0) is 0 Å². The first kappa shape index (κ1) is 10.6. The van der Waals surface area contributed by atoms with Crippen molar-refractivity contribution in [2.75, 3.05) is 0 Å². The monoisotopic (exact) mass is 234 g/mol. The zero-order valence-electron chi connectivity index (χ0n) is 9.60. The molecular formula is C16H10O2. The highest BCUT2D eigenvalue weighted by Crippen LogP contribution is 2.21. The molecule has 2 aromatic rings. The van der Waals surface area contributed by atoms with E-state index < -0.39 is 0 Å². The van der Waals surface area contributed by atoms with E-state index in [9.17, 15) is 9.90 Å². The van der Waals surface area contributed by atoms with Gasteiger partial charge >= 0.3 is 0 Å². The van der Waals surface area contributed by atoms with E-state index in [1.54, 1.807) is 42.5 Å². The average Bonchev–Trinajstić information content (AvgIpc) is 2.44. The molecule has 0 saturated heterocycles. The lowest BCUT2D eigenvalue weighted by molar-refractivity contribution is 0.103. The molecule has 0 aromatic heterocycles. The van der Waals surface area contributed by atoms with Crippen molar-refractivity contribution < 1.29 is 9.90 Å². The van der Waals surface area contributed by atoms with Crippen molar-refractivity contribution in [3.05, 3.63) is 76.2 Å². The van der Waals surface area contributed by atoms with Gasteiger partial charge in [0.15, 0.2) is 5.78 Å². The molecule has 1 N–H and O–H groups in total. The molecule has 2 aromatic carbocycles. The van der Waals surface area contributed by atoms with E-state index in [2.05, 4.69) is 12.3 Å². The van der Waals surface area contributed by atoms with Gasteiger partial charge in [-0.1, -0.05) is 43.0 Å². The highest BCUT2D eigenvalue weighted by atomic mass is 16.3. The molecule has 0 heterocycles. The molecule has 0 amide bonds. The molecule has 2 nitrogen and oxygen atoms in total. The summed E-state index contributed by atoms with van der Waals surface area (Å²) in [5.41, 5.74) is 4.35. The number of benzene rings is 2. The van der Waals surface area contributed by atoms with E-state index >= 15 is 0 Å². The summed E-state index contributed by atoms with van der Waals surface area (Å²) >= 11 is 0. The molecule has 0 saturated carbocycles. The van der Waals surface area contributed by atoms with Crippen LogP contribution in [0.25, 0.3) is 11.5 Å². The second-order valence-corrected chi connectivity index (χ2v) is 4.13. The smallest absolute Gasteiger partial charge is 0.194 e. The van der Waals surface area contributed by atoms with Gasteiger partial charge < -0.3 is 5.11 Å². The molecule has 0 unspecified atom stereocenters. The van der Waals surface area contributed by atoms with Crippen molar-refractivity contribution in [2.45, 2.75) is 0 Å². The number of rotatable bonds is 0. The molecule has 2 heteroatoms. The largest absolute Gasteiger partial charge is 0.507 e. The zero-order valence-corrected chi connectivity index (χ0v) is 9.60. The second kappa shape index (κ2) is 3.73. The van der Waals surface area contributed by atoms with Gasteiger partial charge in [-0.05, 0) is 6.07 Å². The number of fused-ring (bicyclic) bond motifs is 2. The molecule has 1 aliphatic rings. The first-order chi connectivity index (χ1) is 8.74. The van der Waals surface area contributed by atoms with Crippen LogP contribution in [0.1, 0.15) is 21.5 Å². The van der Waals surface area contributed by atoms with Crippen LogP contribution >= 0.6 is 0 Å². The number of carbonyl (C=O) groups excluding carboxylic acids is 1. The van der Waals surface area contributed by atoms with Gasteiger partial charge in [0, 0.05) is 27.1 Å². The van der Waals surface area contributed by atoms with E-state index in [0.29, 0.717) is 27.1 Å². The van der Waals surface area contributed by atoms with Crippen molar-refractivity contribution in [1.82, 2.24) is 0 Å². The van der Waals surface area contributed by atoms with E-state index in [1.165, 1.54) is 0 Å². The lowest BCUT2D eigenvalue weighted by Crippen LogP contribution is -2.36. The van der Waals surface area contributed by atoms with Crippen molar-refractivity contribution >= 4 is 17.3 Å². The Bertz CT molecular complexity index is 809. The van der Waals surface area contributed by atoms with Crippen molar-refractivity contribution in [3.8, 4) is 0 Å². The molecule has 0 atom stereocenters. The summed E-state index contributed by atoms with van der Waals surface area (Å²) in [6.45, 7) is 3.59. The summed E-state index contributed by atoms with van der Waals surface area (Å²) in [7, 11) is 0. The zero-order chi connectivity index (χ0) is 12.7. The second-order valence-electron chi connectivity index (χ2n) is 4.13. The van der Waals surface area contributed by atoms with Gasteiger partial charge in [-0.15, -0.1) is 5.73 Å². The van der Waals surface area contributed by atoms with Crippen LogP contribution in [-0.4, -0.2) is 10.9 Å². The lowest BCUT2D eigenvalue weighted by atomic mass is 9.89. The van der Waals surface area contributed by atoms with Gasteiger partial charge in [-0.2, -0.15) is 0 Å². The number of ketones is 1. The van der Waals surface area contributed by atoms with Crippen LogP contribution in [0.2, 0.25) is 0 Å². The van der Waals surface area contributed by atoms with E-state index in [4.69, 9.17) is 0 Å². The first-order valence-electron chi connectivity index (χ1n) is 5.60. The molecule has 0 bridgehead atoms. The fourth-order valence-corrected chi connectivity index (χ4v) is 2.31. The van der Waals surface area contributed by atoms with Crippen molar-refractivity contribution in [2.24, 2.45) is 0 Å².